The second kappa shape index (κ2) is 9.20. The third-order valence-corrected chi connectivity index (χ3v) is 4.40. The molecule has 2 amide bonds. The predicted octanol–water partition coefficient (Wildman–Crippen LogP) is 2.77. The molecule has 0 aromatic heterocycles. The third kappa shape index (κ3) is 5.55. The lowest BCUT2D eigenvalue weighted by Gasteiger charge is -2.14. The van der Waals surface area contributed by atoms with Crippen molar-refractivity contribution in [1.82, 2.24) is 10.7 Å². The number of carbonyl (C=O) groups is 3. The second-order valence-electron chi connectivity index (χ2n) is 6.27. The van der Waals surface area contributed by atoms with E-state index < -0.39 is 11.7 Å². The van der Waals surface area contributed by atoms with E-state index in [4.69, 9.17) is 11.6 Å². The molecule has 0 bridgehead atoms. The lowest BCUT2D eigenvalue weighted by Crippen LogP contribution is -2.29. The Balaban J connectivity index is 1.66. The molecule has 1 heterocycles. The maximum absolute atomic E-state index is 13.1. The average Bonchev–Trinajstić information content (AvgIpc) is 3.04. The number of benzene rings is 2. The highest BCUT2D eigenvalue weighted by Gasteiger charge is 2.29. The first kappa shape index (κ1) is 20.3. The molecule has 0 aliphatic carbocycles. The minimum atomic E-state index is -0.501. The minimum absolute atomic E-state index is 0.00811. The van der Waals surface area contributed by atoms with Crippen molar-refractivity contribution in [3.8, 4) is 0 Å². The summed E-state index contributed by atoms with van der Waals surface area (Å²) in [5.41, 5.74) is 6.73. The van der Waals surface area contributed by atoms with Crippen LogP contribution < -0.4 is 21.5 Å². The van der Waals surface area contributed by atoms with Crippen molar-refractivity contribution < 1.29 is 18.8 Å². The fourth-order valence-electron chi connectivity index (χ4n) is 2.70. The van der Waals surface area contributed by atoms with Crippen molar-refractivity contribution in [1.29, 1.82) is 0 Å². The molecule has 0 saturated carbocycles. The van der Waals surface area contributed by atoms with Crippen molar-refractivity contribution in [2.24, 2.45) is 0 Å². The van der Waals surface area contributed by atoms with Crippen LogP contribution in [-0.4, -0.2) is 24.1 Å². The van der Waals surface area contributed by atoms with Crippen LogP contribution in [0.25, 0.3) is 0 Å². The number of anilines is 2. The number of halogens is 2. The molecule has 150 valence electrons. The van der Waals surface area contributed by atoms with Crippen LogP contribution in [0.15, 0.2) is 59.8 Å². The van der Waals surface area contributed by atoms with Gasteiger partial charge in [-0.1, -0.05) is 11.6 Å². The van der Waals surface area contributed by atoms with Gasteiger partial charge < -0.3 is 10.6 Å². The van der Waals surface area contributed by atoms with Crippen molar-refractivity contribution in [2.75, 3.05) is 17.3 Å². The van der Waals surface area contributed by atoms with Gasteiger partial charge in [0.05, 0.1) is 12.2 Å². The van der Waals surface area contributed by atoms with E-state index in [0.717, 1.165) is 0 Å². The van der Waals surface area contributed by atoms with E-state index in [1.165, 1.54) is 24.3 Å². The molecule has 0 radical (unpaired) electrons. The van der Waals surface area contributed by atoms with Crippen LogP contribution in [-0.2, 0) is 14.4 Å². The smallest absolute Gasteiger partial charge is 0.257 e. The standard InChI is InChI=1S/C20H18ClFN4O3/c21-12-1-5-15(6-2-12)25-26-18(28)10-9-16(19-17(27)11-23-20(19)29)24-14-7-3-13(22)4-8-14/h1-8,24-25H,9-11H2,(H,23,29)(H,26,28). The highest BCUT2D eigenvalue weighted by atomic mass is 35.5. The summed E-state index contributed by atoms with van der Waals surface area (Å²) in [5.74, 6) is -1.62. The predicted molar refractivity (Wildman–Crippen MR) is 108 cm³/mol. The lowest BCUT2D eigenvalue weighted by atomic mass is 10.1. The van der Waals surface area contributed by atoms with E-state index in [0.29, 0.717) is 22.1 Å². The number of ketones is 1. The Kier molecular flexibility index (Phi) is 6.46. The van der Waals surface area contributed by atoms with Gasteiger partial charge >= 0.3 is 0 Å². The number of hydrazine groups is 1. The molecule has 1 aliphatic heterocycles. The SMILES string of the molecule is O=C(CCC(Nc1ccc(F)cc1)=C1C(=O)CNC1=O)NNc1ccc(Cl)cc1. The number of hydrogen-bond acceptors (Lipinski definition) is 5. The van der Waals surface area contributed by atoms with Gasteiger partial charge in [0.2, 0.25) is 5.91 Å². The summed E-state index contributed by atoms with van der Waals surface area (Å²) >= 11 is 5.81. The van der Waals surface area contributed by atoms with E-state index >= 15 is 0 Å². The molecule has 2 aromatic rings. The van der Waals surface area contributed by atoms with Gasteiger partial charge in [0.1, 0.15) is 11.4 Å². The Labute approximate surface area is 171 Å². The van der Waals surface area contributed by atoms with Gasteiger partial charge in [0.15, 0.2) is 5.78 Å². The summed E-state index contributed by atoms with van der Waals surface area (Å²) in [6.07, 6.45) is 0.119. The Morgan fingerprint density at radius 2 is 1.66 bits per heavy atom. The molecular weight excluding hydrogens is 399 g/mol. The fourth-order valence-corrected chi connectivity index (χ4v) is 2.83. The van der Waals surface area contributed by atoms with E-state index in [9.17, 15) is 18.8 Å². The second-order valence-corrected chi connectivity index (χ2v) is 6.71. The summed E-state index contributed by atoms with van der Waals surface area (Å²) in [4.78, 5) is 36.3. The molecule has 9 heteroatoms. The van der Waals surface area contributed by atoms with E-state index in [-0.39, 0.29) is 36.6 Å². The molecule has 4 N–H and O–H groups in total. The Hall–Kier alpha value is -3.39. The van der Waals surface area contributed by atoms with Gasteiger partial charge in [0.25, 0.3) is 5.91 Å². The first-order chi connectivity index (χ1) is 13.9. The number of allylic oxidation sites excluding steroid dienone is 1. The molecule has 1 aliphatic rings. The summed E-state index contributed by atoms with van der Waals surface area (Å²) in [6.45, 7) is -0.0902. The molecular formula is C20H18ClFN4O3. The van der Waals surface area contributed by atoms with Crippen molar-refractivity contribution >= 4 is 40.6 Å². The molecule has 29 heavy (non-hydrogen) atoms. The van der Waals surface area contributed by atoms with Crippen LogP contribution >= 0.6 is 11.6 Å². The molecule has 0 atom stereocenters. The Bertz CT molecular complexity index is 941. The van der Waals surface area contributed by atoms with Crippen LogP contribution in [0, 0.1) is 5.82 Å². The summed E-state index contributed by atoms with van der Waals surface area (Å²) < 4.78 is 13.1. The average molecular weight is 417 g/mol. The third-order valence-electron chi connectivity index (χ3n) is 4.15. The zero-order valence-corrected chi connectivity index (χ0v) is 16.0. The van der Waals surface area contributed by atoms with Crippen molar-refractivity contribution in [3.05, 3.63) is 70.6 Å². The highest BCUT2D eigenvalue weighted by molar-refractivity contribution is 6.30. The molecule has 7 nitrogen and oxygen atoms in total. The van der Waals surface area contributed by atoms with Crippen LogP contribution in [0.2, 0.25) is 5.02 Å². The minimum Gasteiger partial charge on any atom is -0.358 e. The van der Waals surface area contributed by atoms with E-state index in [2.05, 4.69) is 21.5 Å². The monoisotopic (exact) mass is 416 g/mol. The van der Waals surface area contributed by atoms with Crippen molar-refractivity contribution in [2.45, 2.75) is 12.8 Å². The van der Waals surface area contributed by atoms with Crippen LogP contribution in [0.4, 0.5) is 15.8 Å². The molecule has 0 spiro atoms. The van der Waals surface area contributed by atoms with Gasteiger partial charge in [0, 0.05) is 22.8 Å². The van der Waals surface area contributed by atoms with Gasteiger partial charge in [-0.15, -0.1) is 0 Å². The zero-order chi connectivity index (χ0) is 20.8. The number of amides is 2. The number of Topliss-reactive ketones (excluding diaryl/α,β-unsaturated/α-hetero) is 1. The van der Waals surface area contributed by atoms with Crippen LogP contribution in [0.5, 0.6) is 0 Å². The normalized spacial score (nSPS) is 15.0. The van der Waals surface area contributed by atoms with E-state index in [1.807, 2.05) is 0 Å². The number of carbonyl (C=O) groups excluding carboxylic acids is 3. The Morgan fingerprint density at radius 1 is 1.00 bits per heavy atom. The van der Waals surface area contributed by atoms with E-state index in [1.54, 1.807) is 24.3 Å². The molecule has 2 aromatic carbocycles. The van der Waals surface area contributed by atoms with Gasteiger partial charge in [-0.3, -0.25) is 25.2 Å². The lowest BCUT2D eigenvalue weighted by molar-refractivity contribution is -0.121. The van der Waals surface area contributed by atoms with Gasteiger partial charge in [-0.25, -0.2) is 4.39 Å². The maximum atomic E-state index is 13.1. The highest BCUT2D eigenvalue weighted by Crippen LogP contribution is 2.20. The quantitative estimate of drug-likeness (QED) is 0.316. The zero-order valence-electron chi connectivity index (χ0n) is 15.2. The summed E-state index contributed by atoms with van der Waals surface area (Å²) in [6, 6.07) is 12.2. The van der Waals surface area contributed by atoms with Gasteiger partial charge in [-0.05, 0) is 55.0 Å². The molecule has 3 rings (SSSR count). The summed E-state index contributed by atoms with van der Waals surface area (Å²) in [5, 5.41) is 6.00. The molecule has 0 unspecified atom stereocenters. The molecule has 1 fully saturated rings. The summed E-state index contributed by atoms with van der Waals surface area (Å²) in [7, 11) is 0. The number of hydrogen-bond donors (Lipinski definition) is 4. The number of nitrogens with one attached hydrogen (secondary N) is 4. The van der Waals surface area contributed by atoms with Crippen LogP contribution in [0.1, 0.15) is 12.8 Å². The van der Waals surface area contributed by atoms with Gasteiger partial charge in [-0.2, -0.15) is 0 Å². The Morgan fingerprint density at radius 3 is 2.28 bits per heavy atom. The van der Waals surface area contributed by atoms with Crippen LogP contribution in [0.3, 0.4) is 0 Å². The topological polar surface area (TPSA) is 99.3 Å². The molecule has 1 saturated heterocycles. The van der Waals surface area contributed by atoms with Crippen molar-refractivity contribution in [3.63, 3.8) is 0 Å². The first-order valence-electron chi connectivity index (χ1n) is 8.80. The number of rotatable bonds is 7. The fraction of sp³-hybridized carbons (Fsp3) is 0.150. The maximum Gasteiger partial charge on any atom is 0.257 e. The largest absolute Gasteiger partial charge is 0.358 e. The first-order valence-corrected chi connectivity index (χ1v) is 9.18.